The van der Waals surface area contributed by atoms with E-state index in [-0.39, 0.29) is 12.4 Å². The van der Waals surface area contributed by atoms with Crippen molar-refractivity contribution in [2.24, 2.45) is 7.05 Å². The number of rotatable bonds is 7. The average Bonchev–Trinajstić information content (AvgIpc) is 2.81. The second-order valence-electron chi connectivity index (χ2n) is 4.03. The molecule has 0 aliphatic carbocycles. The summed E-state index contributed by atoms with van der Waals surface area (Å²) in [5.74, 6) is 0.885. The first-order valence-electron chi connectivity index (χ1n) is 6.19. The second-order valence-corrected chi connectivity index (χ2v) is 5.09. The van der Waals surface area contributed by atoms with Crippen LogP contribution in [0.5, 0.6) is 0 Å². The molecule has 2 rings (SSSR count). The first-order valence-corrected chi connectivity index (χ1v) is 7.18. The zero-order chi connectivity index (χ0) is 14.4. The third kappa shape index (κ3) is 3.56. The minimum atomic E-state index is -0.314. The van der Waals surface area contributed by atoms with E-state index < -0.39 is 0 Å². The summed E-state index contributed by atoms with van der Waals surface area (Å²) in [4.78, 5) is 0. The van der Waals surface area contributed by atoms with Crippen LogP contribution in [0, 0.1) is 5.82 Å². The summed E-state index contributed by atoms with van der Waals surface area (Å²) in [6.45, 7) is 0.874. The number of hydrogen-bond acceptors (Lipinski definition) is 5. The first kappa shape index (κ1) is 15.0. The standard InChI is InChI=1S/C13H16FN3O2S/c1-17-12(10-4-2-3-5-11(10)14)15-16-13(17)20-9-8-19-7-6-18/h2-5,18H,6-9H2,1H3. The van der Waals surface area contributed by atoms with Gasteiger partial charge in [0.15, 0.2) is 11.0 Å². The fourth-order valence-corrected chi connectivity index (χ4v) is 2.44. The third-order valence-electron chi connectivity index (χ3n) is 2.64. The molecule has 0 unspecified atom stereocenters. The average molecular weight is 297 g/mol. The van der Waals surface area contributed by atoms with E-state index in [9.17, 15) is 4.39 Å². The maximum atomic E-state index is 13.7. The van der Waals surface area contributed by atoms with E-state index in [1.165, 1.54) is 17.8 Å². The predicted octanol–water partition coefficient (Wildman–Crippen LogP) is 1.72. The highest BCUT2D eigenvalue weighted by molar-refractivity contribution is 7.99. The van der Waals surface area contributed by atoms with Crippen LogP contribution in [-0.4, -0.2) is 45.4 Å². The van der Waals surface area contributed by atoms with Crippen LogP contribution < -0.4 is 0 Å². The predicted molar refractivity (Wildman–Crippen MR) is 75.0 cm³/mol. The molecular weight excluding hydrogens is 281 g/mol. The molecule has 108 valence electrons. The minimum absolute atomic E-state index is 0.0199. The highest BCUT2D eigenvalue weighted by Gasteiger charge is 2.13. The van der Waals surface area contributed by atoms with Gasteiger partial charge in [-0.3, -0.25) is 0 Å². The molecule has 5 nitrogen and oxygen atoms in total. The van der Waals surface area contributed by atoms with Gasteiger partial charge in [-0.1, -0.05) is 23.9 Å². The van der Waals surface area contributed by atoms with Gasteiger partial charge in [0, 0.05) is 12.8 Å². The summed E-state index contributed by atoms with van der Waals surface area (Å²) < 4.78 is 20.7. The van der Waals surface area contributed by atoms with Gasteiger partial charge < -0.3 is 14.4 Å². The van der Waals surface area contributed by atoms with E-state index in [2.05, 4.69) is 10.2 Å². The Kier molecular flexibility index (Phi) is 5.51. The van der Waals surface area contributed by atoms with Gasteiger partial charge in [0.05, 0.1) is 25.4 Å². The lowest BCUT2D eigenvalue weighted by Gasteiger charge is -2.05. The summed E-state index contributed by atoms with van der Waals surface area (Å²) >= 11 is 1.48. The molecule has 1 aromatic carbocycles. The van der Waals surface area contributed by atoms with Crippen molar-refractivity contribution in [2.75, 3.05) is 25.6 Å². The van der Waals surface area contributed by atoms with Gasteiger partial charge in [0.25, 0.3) is 0 Å². The highest BCUT2D eigenvalue weighted by Crippen LogP contribution is 2.24. The highest BCUT2D eigenvalue weighted by atomic mass is 32.2. The lowest BCUT2D eigenvalue weighted by molar-refractivity contribution is 0.103. The Labute approximate surface area is 120 Å². The molecule has 0 saturated heterocycles. The van der Waals surface area contributed by atoms with Crippen molar-refractivity contribution >= 4 is 11.8 Å². The molecule has 0 amide bonds. The molecule has 1 heterocycles. The monoisotopic (exact) mass is 297 g/mol. The quantitative estimate of drug-likeness (QED) is 0.623. The summed E-state index contributed by atoms with van der Waals surface area (Å²) in [6.07, 6.45) is 0. The van der Waals surface area contributed by atoms with Crippen molar-refractivity contribution in [1.29, 1.82) is 0 Å². The molecule has 0 atom stereocenters. The molecule has 7 heteroatoms. The molecule has 0 aliphatic rings. The molecule has 0 saturated carbocycles. The van der Waals surface area contributed by atoms with Gasteiger partial charge in [-0.25, -0.2) is 4.39 Å². The normalized spacial score (nSPS) is 10.9. The summed E-state index contributed by atoms with van der Waals surface area (Å²) in [5.41, 5.74) is 0.436. The van der Waals surface area contributed by atoms with Gasteiger partial charge in [-0.05, 0) is 12.1 Å². The SMILES string of the molecule is Cn1c(SCCOCCO)nnc1-c1ccccc1F. The van der Waals surface area contributed by atoms with Crippen LogP contribution >= 0.6 is 11.8 Å². The Bertz CT molecular complexity index is 562. The summed E-state index contributed by atoms with van der Waals surface area (Å²) in [5, 5.41) is 17.4. The van der Waals surface area contributed by atoms with Crippen molar-refractivity contribution < 1.29 is 14.2 Å². The molecule has 0 radical (unpaired) electrons. The summed E-state index contributed by atoms with van der Waals surface area (Å²) in [7, 11) is 1.80. The van der Waals surface area contributed by atoms with Gasteiger partial charge in [-0.15, -0.1) is 10.2 Å². The fraction of sp³-hybridized carbons (Fsp3) is 0.385. The van der Waals surface area contributed by atoms with Crippen LogP contribution in [0.3, 0.4) is 0 Å². The maximum absolute atomic E-state index is 13.7. The van der Waals surface area contributed by atoms with E-state index in [4.69, 9.17) is 9.84 Å². The molecule has 20 heavy (non-hydrogen) atoms. The van der Waals surface area contributed by atoms with Crippen molar-refractivity contribution in [1.82, 2.24) is 14.8 Å². The summed E-state index contributed by atoms with van der Waals surface area (Å²) in [6, 6.07) is 6.49. The van der Waals surface area contributed by atoms with Crippen LogP contribution in [0.2, 0.25) is 0 Å². The van der Waals surface area contributed by atoms with Crippen LogP contribution in [0.25, 0.3) is 11.4 Å². The smallest absolute Gasteiger partial charge is 0.191 e. The number of benzene rings is 1. The Morgan fingerprint density at radius 3 is 2.85 bits per heavy atom. The molecule has 2 aromatic rings. The molecule has 0 bridgehead atoms. The van der Waals surface area contributed by atoms with Crippen LogP contribution in [-0.2, 0) is 11.8 Å². The molecule has 1 aromatic heterocycles. The van der Waals surface area contributed by atoms with Gasteiger partial charge in [-0.2, -0.15) is 0 Å². The number of aliphatic hydroxyl groups excluding tert-OH is 1. The molecular formula is C13H16FN3O2S. The zero-order valence-electron chi connectivity index (χ0n) is 11.1. The van der Waals surface area contributed by atoms with Crippen molar-refractivity contribution in [3.63, 3.8) is 0 Å². The maximum Gasteiger partial charge on any atom is 0.191 e. The number of halogens is 1. The van der Waals surface area contributed by atoms with Crippen molar-refractivity contribution in [2.45, 2.75) is 5.16 Å². The zero-order valence-corrected chi connectivity index (χ0v) is 11.9. The number of ether oxygens (including phenoxy) is 1. The Morgan fingerprint density at radius 1 is 1.30 bits per heavy atom. The van der Waals surface area contributed by atoms with Crippen LogP contribution in [0.15, 0.2) is 29.4 Å². The number of aliphatic hydroxyl groups is 1. The van der Waals surface area contributed by atoms with E-state index in [0.29, 0.717) is 35.5 Å². The second kappa shape index (κ2) is 7.37. The minimum Gasteiger partial charge on any atom is -0.394 e. The van der Waals surface area contributed by atoms with Crippen LogP contribution in [0.1, 0.15) is 0 Å². The third-order valence-corrected chi connectivity index (χ3v) is 3.63. The van der Waals surface area contributed by atoms with Gasteiger partial charge in [0.1, 0.15) is 5.82 Å². The Balaban J connectivity index is 2.02. The van der Waals surface area contributed by atoms with Crippen molar-refractivity contribution in [3.05, 3.63) is 30.1 Å². The van der Waals surface area contributed by atoms with E-state index in [0.717, 1.165) is 0 Å². The largest absolute Gasteiger partial charge is 0.394 e. The van der Waals surface area contributed by atoms with Crippen molar-refractivity contribution in [3.8, 4) is 11.4 Å². The lowest BCUT2D eigenvalue weighted by atomic mass is 10.2. The Morgan fingerprint density at radius 2 is 2.10 bits per heavy atom. The Hall–Kier alpha value is -1.44. The fourth-order valence-electron chi connectivity index (χ4n) is 1.68. The lowest BCUT2D eigenvalue weighted by Crippen LogP contribution is -2.03. The number of thioether (sulfide) groups is 1. The van der Waals surface area contributed by atoms with Gasteiger partial charge in [0.2, 0.25) is 0 Å². The number of hydrogen-bond donors (Lipinski definition) is 1. The topological polar surface area (TPSA) is 60.2 Å². The molecule has 0 spiro atoms. The van der Waals surface area contributed by atoms with Crippen LogP contribution in [0.4, 0.5) is 4.39 Å². The van der Waals surface area contributed by atoms with E-state index in [1.54, 1.807) is 29.8 Å². The molecule has 0 aliphatic heterocycles. The first-order chi connectivity index (χ1) is 9.74. The number of aromatic nitrogens is 3. The number of nitrogens with zero attached hydrogens (tertiary/aromatic N) is 3. The van der Waals surface area contributed by atoms with E-state index in [1.807, 2.05) is 0 Å². The van der Waals surface area contributed by atoms with E-state index >= 15 is 0 Å². The molecule has 0 fully saturated rings. The molecule has 1 N–H and O–H groups in total. The van der Waals surface area contributed by atoms with Gasteiger partial charge >= 0.3 is 0 Å².